The molecule has 5 nitrogen and oxygen atoms in total. The van der Waals surface area contributed by atoms with Gasteiger partial charge in [-0.3, -0.25) is 4.79 Å². The molecule has 5 heteroatoms. The highest BCUT2D eigenvalue weighted by atomic mass is 16.4. The maximum atomic E-state index is 11.8. The molecule has 0 heterocycles. The molecule has 0 fully saturated rings. The van der Waals surface area contributed by atoms with Crippen LogP contribution in [0.3, 0.4) is 0 Å². The van der Waals surface area contributed by atoms with E-state index in [-0.39, 0.29) is 18.1 Å². The van der Waals surface area contributed by atoms with Gasteiger partial charge in [-0.2, -0.15) is 0 Å². The predicted octanol–water partition coefficient (Wildman–Crippen LogP) is 1.46. The molecule has 0 bridgehead atoms. The van der Waals surface area contributed by atoms with Gasteiger partial charge in [0.15, 0.2) is 0 Å². The summed E-state index contributed by atoms with van der Waals surface area (Å²) < 4.78 is 0. The molecule has 96 valence electrons. The molecule has 0 aromatic carbocycles. The van der Waals surface area contributed by atoms with Crippen molar-refractivity contribution in [2.45, 2.75) is 38.8 Å². The fourth-order valence-electron chi connectivity index (χ4n) is 1.72. The number of nitrogens with zero attached hydrogens (tertiary/aromatic N) is 1. The average molecular weight is 240 g/mol. The van der Waals surface area contributed by atoms with E-state index in [9.17, 15) is 9.59 Å². The van der Waals surface area contributed by atoms with Crippen LogP contribution in [-0.2, 0) is 4.79 Å². The van der Waals surface area contributed by atoms with Gasteiger partial charge in [-0.25, -0.2) is 4.79 Å². The van der Waals surface area contributed by atoms with E-state index < -0.39 is 11.9 Å². The first kappa shape index (κ1) is 13.5. The zero-order chi connectivity index (χ0) is 13.0. The summed E-state index contributed by atoms with van der Waals surface area (Å²) in [5.74, 6) is -1.32. The predicted molar refractivity (Wildman–Crippen MR) is 64.7 cm³/mol. The van der Waals surface area contributed by atoms with Crippen LogP contribution in [0.4, 0.5) is 4.79 Å². The summed E-state index contributed by atoms with van der Waals surface area (Å²) in [6.07, 6.45) is 4.72. The highest BCUT2D eigenvalue weighted by Crippen LogP contribution is 2.18. The lowest BCUT2D eigenvalue weighted by molar-refractivity contribution is -0.140. The van der Waals surface area contributed by atoms with Crippen LogP contribution in [0.5, 0.6) is 0 Å². The molecule has 0 spiro atoms. The van der Waals surface area contributed by atoms with Crippen molar-refractivity contribution in [1.82, 2.24) is 10.2 Å². The van der Waals surface area contributed by atoms with Crippen molar-refractivity contribution in [3.05, 3.63) is 12.2 Å². The SMILES string of the molecule is CCC(C)N(C)C(=O)NC1C=CC(C(=O)O)C1. The van der Waals surface area contributed by atoms with E-state index in [2.05, 4.69) is 5.32 Å². The molecule has 1 rings (SSSR count). The van der Waals surface area contributed by atoms with Crippen molar-refractivity contribution < 1.29 is 14.7 Å². The molecule has 0 aliphatic heterocycles. The van der Waals surface area contributed by atoms with Crippen LogP contribution in [-0.4, -0.2) is 41.1 Å². The van der Waals surface area contributed by atoms with E-state index in [4.69, 9.17) is 5.11 Å². The Morgan fingerprint density at radius 3 is 2.65 bits per heavy atom. The third-order valence-electron chi connectivity index (χ3n) is 3.28. The molecule has 1 aliphatic rings. The summed E-state index contributed by atoms with van der Waals surface area (Å²) in [6, 6.07) is -0.147. The van der Waals surface area contributed by atoms with E-state index in [1.165, 1.54) is 0 Å². The van der Waals surface area contributed by atoms with Crippen molar-refractivity contribution in [3.63, 3.8) is 0 Å². The molecule has 1 aliphatic carbocycles. The van der Waals surface area contributed by atoms with Gasteiger partial charge in [0.2, 0.25) is 0 Å². The number of nitrogens with one attached hydrogen (secondary N) is 1. The summed E-state index contributed by atoms with van der Waals surface area (Å²) in [5, 5.41) is 11.6. The van der Waals surface area contributed by atoms with Gasteiger partial charge in [-0.1, -0.05) is 19.1 Å². The molecular formula is C12H20N2O3. The van der Waals surface area contributed by atoms with Gasteiger partial charge in [0.25, 0.3) is 0 Å². The second kappa shape index (κ2) is 5.70. The highest BCUT2D eigenvalue weighted by molar-refractivity contribution is 5.76. The quantitative estimate of drug-likeness (QED) is 0.731. The van der Waals surface area contributed by atoms with Crippen LogP contribution in [0, 0.1) is 5.92 Å². The number of carbonyl (C=O) groups is 2. The number of aliphatic carboxylic acids is 1. The summed E-state index contributed by atoms with van der Waals surface area (Å²) in [5.41, 5.74) is 0. The Labute approximate surface area is 101 Å². The first-order valence-corrected chi connectivity index (χ1v) is 5.90. The second-order valence-electron chi connectivity index (χ2n) is 4.49. The summed E-state index contributed by atoms with van der Waals surface area (Å²) >= 11 is 0. The van der Waals surface area contributed by atoms with Crippen LogP contribution in [0.25, 0.3) is 0 Å². The normalized spacial score (nSPS) is 24.4. The zero-order valence-corrected chi connectivity index (χ0v) is 10.5. The monoisotopic (exact) mass is 240 g/mol. The van der Waals surface area contributed by atoms with Crippen molar-refractivity contribution in [2.24, 2.45) is 5.92 Å². The Morgan fingerprint density at radius 1 is 1.53 bits per heavy atom. The average Bonchev–Trinajstić information content (AvgIpc) is 2.75. The number of hydrogen-bond donors (Lipinski definition) is 2. The largest absolute Gasteiger partial charge is 0.481 e. The fraction of sp³-hybridized carbons (Fsp3) is 0.667. The lowest BCUT2D eigenvalue weighted by Gasteiger charge is -2.25. The number of hydrogen-bond acceptors (Lipinski definition) is 2. The van der Waals surface area contributed by atoms with Gasteiger partial charge in [0, 0.05) is 13.1 Å². The third-order valence-corrected chi connectivity index (χ3v) is 3.28. The Hall–Kier alpha value is -1.52. The minimum atomic E-state index is -0.840. The van der Waals surface area contributed by atoms with Crippen LogP contribution in [0.15, 0.2) is 12.2 Å². The Kier molecular flexibility index (Phi) is 4.54. The lowest BCUT2D eigenvalue weighted by atomic mass is 10.1. The molecule has 0 aromatic heterocycles. The Morgan fingerprint density at radius 2 is 2.18 bits per heavy atom. The van der Waals surface area contributed by atoms with Gasteiger partial charge in [0.05, 0.1) is 12.0 Å². The Balaban J connectivity index is 2.44. The van der Waals surface area contributed by atoms with Gasteiger partial charge >= 0.3 is 12.0 Å². The van der Waals surface area contributed by atoms with Crippen LogP contribution >= 0.6 is 0 Å². The smallest absolute Gasteiger partial charge is 0.317 e. The van der Waals surface area contributed by atoms with Gasteiger partial charge in [-0.05, 0) is 19.8 Å². The van der Waals surface area contributed by atoms with Crippen LogP contribution in [0.1, 0.15) is 26.7 Å². The minimum absolute atomic E-state index is 0.153. The maximum absolute atomic E-state index is 11.8. The van der Waals surface area contributed by atoms with Gasteiger partial charge in [0.1, 0.15) is 0 Å². The van der Waals surface area contributed by atoms with Gasteiger partial charge in [-0.15, -0.1) is 0 Å². The standard InChI is InChI=1S/C12H20N2O3/c1-4-8(2)14(3)12(17)13-10-6-5-9(7-10)11(15)16/h5-6,8-10H,4,7H2,1-3H3,(H,13,17)(H,15,16). The molecule has 0 radical (unpaired) electrons. The van der Waals surface area contributed by atoms with Crippen molar-refractivity contribution in [2.75, 3.05) is 7.05 Å². The molecule has 0 saturated heterocycles. The molecular weight excluding hydrogens is 220 g/mol. The summed E-state index contributed by atoms with van der Waals surface area (Å²) in [7, 11) is 1.75. The number of rotatable bonds is 4. The number of carboxylic acids is 1. The van der Waals surface area contributed by atoms with E-state index in [0.717, 1.165) is 6.42 Å². The Bertz CT molecular complexity index is 328. The first-order valence-electron chi connectivity index (χ1n) is 5.90. The maximum Gasteiger partial charge on any atom is 0.317 e. The molecule has 2 N–H and O–H groups in total. The zero-order valence-electron chi connectivity index (χ0n) is 10.5. The number of amides is 2. The lowest BCUT2D eigenvalue weighted by Crippen LogP contribution is -2.45. The van der Waals surface area contributed by atoms with Crippen LogP contribution in [0.2, 0.25) is 0 Å². The second-order valence-corrected chi connectivity index (χ2v) is 4.49. The number of carboxylic acid groups (broad SMARTS) is 1. The van der Waals surface area contributed by atoms with Crippen LogP contribution < -0.4 is 5.32 Å². The number of urea groups is 1. The van der Waals surface area contributed by atoms with E-state index in [0.29, 0.717) is 6.42 Å². The third kappa shape index (κ3) is 3.47. The molecule has 17 heavy (non-hydrogen) atoms. The summed E-state index contributed by atoms with van der Waals surface area (Å²) in [4.78, 5) is 24.2. The summed E-state index contributed by atoms with van der Waals surface area (Å²) in [6.45, 7) is 3.99. The highest BCUT2D eigenvalue weighted by Gasteiger charge is 2.26. The molecule has 3 atom stereocenters. The van der Waals surface area contributed by atoms with Gasteiger partial charge < -0.3 is 15.3 Å². The molecule has 0 saturated carbocycles. The van der Waals surface area contributed by atoms with E-state index in [1.54, 1.807) is 24.1 Å². The molecule has 2 amide bonds. The minimum Gasteiger partial charge on any atom is -0.481 e. The topological polar surface area (TPSA) is 69.6 Å². The molecule has 0 aromatic rings. The first-order chi connectivity index (χ1) is 7.95. The van der Waals surface area contributed by atoms with E-state index in [1.807, 2.05) is 13.8 Å². The molecule has 3 unspecified atom stereocenters. The van der Waals surface area contributed by atoms with E-state index >= 15 is 0 Å². The van der Waals surface area contributed by atoms with Crippen molar-refractivity contribution >= 4 is 12.0 Å². The van der Waals surface area contributed by atoms with Crippen molar-refractivity contribution in [3.8, 4) is 0 Å². The number of carbonyl (C=O) groups excluding carboxylic acids is 1. The van der Waals surface area contributed by atoms with Crippen molar-refractivity contribution in [1.29, 1.82) is 0 Å². The fourth-order valence-corrected chi connectivity index (χ4v) is 1.72.